The van der Waals surface area contributed by atoms with Crippen molar-refractivity contribution >= 4 is 23.3 Å². The average Bonchev–Trinajstić information content (AvgIpc) is 2.54. The predicted octanol–water partition coefficient (Wildman–Crippen LogP) is 5.07. The molecule has 0 aliphatic rings. The van der Waals surface area contributed by atoms with E-state index in [1.54, 1.807) is 11.8 Å². The second kappa shape index (κ2) is 8.49. The zero-order chi connectivity index (χ0) is 15.8. The molecule has 0 bridgehead atoms. The summed E-state index contributed by atoms with van der Waals surface area (Å²) in [5.41, 5.74) is 9.14. The molecule has 2 aromatic rings. The van der Waals surface area contributed by atoms with Gasteiger partial charge in [0, 0.05) is 11.4 Å². The second-order valence-electron chi connectivity index (χ2n) is 5.19. The number of thioether (sulfide) groups is 1. The van der Waals surface area contributed by atoms with Crippen molar-refractivity contribution in [2.24, 2.45) is 0 Å². The van der Waals surface area contributed by atoms with E-state index in [0.29, 0.717) is 5.82 Å². The topological polar surface area (TPSA) is 50.9 Å². The van der Waals surface area contributed by atoms with Gasteiger partial charge in [0.1, 0.15) is 5.82 Å². The Morgan fingerprint density at radius 2 is 2.00 bits per heavy atom. The van der Waals surface area contributed by atoms with Crippen LogP contribution in [0.1, 0.15) is 31.7 Å². The van der Waals surface area contributed by atoms with Gasteiger partial charge in [-0.1, -0.05) is 50.3 Å². The Bertz CT molecular complexity index is 611. The van der Waals surface area contributed by atoms with E-state index in [9.17, 15) is 0 Å². The van der Waals surface area contributed by atoms with E-state index in [0.717, 1.165) is 41.4 Å². The molecule has 3 N–H and O–H groups in total. The number of hydrogen-bond acceptors (Lipinski definition) is 4. The van der Waals surface area contributed by atoms with Gasteiger partial charge in [0.2, 0.25) is 0 Å². The van der Waals surface area contributed by atoms with Crippen molar-refractivity contribution in [2.75, 3.05) is 11.1 Å². The zero-order valence-corrected chi connectivity index (χ0v) is 13.8. The molecule has 0 aliphatic carbocycles. The van der Waals surface area contributed by atoms with Gasteiger partial charge in [0.15, 0.2) is 0 Å². The fraction of sp³-hybridized carbons (Fsp3) is 0.278. The van der Waals surface area contributed by atoms with Crippen molar-refractivity contribution in [3.63, 3.8) is 0 Å². The number of rotatable bonds is 8. The summed E-state index contributed by atoms with van der Waals surface area (Å²) >= 11 is 1.69. The van der Waals surface area contributed by atoms with Gasteiger partial charge >= 0.3 is 0 Å². The molecule has 1 aromatic carbocycles. The van der Waals surface area contributed by atoms with E-state index in [-0.39, 0.29) is 0 Å². The summed E-state index contributed by atoms with van der Waals surface area (Å²) in [5.74, 6) is 1.42. The van der Waals surface area contributed by atoms with Crippen LogP contribution in [0.5, 0.6) is 0 Å². The van der Waals surface area contributed by atoms with Crippen LogP contribution in [0.2, 0.25) is 0 Å². The molecule has 0 atom stereocenters. The summed E-state index contributed by atoms with van der Waals surface area (Å²) in [7, 11) is 0. The van der Waals surface area contributed by atoms with Gasteiger partial charge in [-0.25, -0.2) is 4.98 Å². The Morgan fingerprint density at radius 3 is 2.68 bits per heavy atom. The summed E-state index contributed by atoms with van der Waals surface area (Å²) in [6.45, 7) is 6.20. The first-order valence-corrected chi connectivity index (χ1v) is 8.55. The minimum absolute atomic E-state index is 0.524. The number of nitrogens with two attached hydrogens (primary N) is 1. The standard InChI is InChI=1S/C18H23N3S/c1-3-4-8-14(2)20-16-11-12-17(21-18(16)19)22-13-15-9-6-5-7-10-15/h5-7,9-12,20H,2-4,8,13H2,1H3,(H2,19,21). The lowest BCUT2D eigenvalue weighted by atomic mass is 10.2. The normalized spacial score (nSPS) is 10.4. The maximum absolute atomic E-state index is 6.04. The van der Waals surface area contributed by atoms with Crippen LogP contribution in [0.3, 0.4) is 0 Å². The number of aromatic nitrogens is 1. The van der Waals surface area contributed by atoms with E-state index < -0.39 is 0 Å². The highest BCUT2D eigenvalue weighted by atomic mass is 32.2. The zero-order valence-electron chi connectivity index (χ0n) is 13.0. The molecule has 3 nitrogen and oxygen atoms in total. The molecule has 0 saturated heterocycles. The Morgan fingerprint density at radius 1 is 1.23 bits per heavy atom. The SMILES string of the molecule is C=C(CCCC)Nc1ccc(SCc2ccccc2)nc1N. The number of nitrogens with zero attached hydrogens (tertiary/aromatic N) is 1. The third kappa shape index (κ3) is 5.11. The van der Waals surface area contributed by atoms with Crippen LogP contribution in [-0.2, 0) is 5.75 Å². The third-order valence-electron chi connectivity index (χ3n) is 3.27. The first-order chi connectivity index (χ1) is 10.7. The summed E-state index contributed by atoms with van der Waals surface area (Å²) in [5, 5.41) is 4.19. The number of benzene rings is 1. The maximum Gasteiger partial charge on any atom is 0.148 e. The molecule has 22 heavy (non-hydrogen) atoms. The van der Waals surface area contributed by atoms with Crippen LogP contribution in [0.15, 0.2) is 59.8 Å². The Labute approximate surface area is 137 Å². The molecule has 0 radical (unpaired) electrons. The van der Waals surface area contributed by atoms with E-state index in [2.05, 4.69) is 35.9 Å². The van der Waals surface area contributed by atoms with Gasteiger partial charge in [-0.3, -0.25) is 0 Å². The molecule has 0 saturated carbocycles. The minimum Gasteiger partial charge on any atom is -0.382 e. The fourth-order valence-corrected chi connectivity index (χ4v) is 2.85. The number of hydrogen-bond donors (Lipinski definition) is 2. The largest absolute Gasteiger partial charge is 0.382 e. The van der Waals surface area contributed by atoms with E-state index >= 15 is 0 Å². The minimum atomic E-state index is 0.524. The van der Waals surface area contributed by atoms with Crippen molar-refractivity contribution in [1.29, 1.82) is 0 Å². The quantitative estimate of drug-likeness (QED) is 0.668. The van der Waals surface area contributed by atoms with E-state index in [1.165, 1.54) is 5.56 Å². The van der Waals surface area contributed by atoms with Crippen molar-refractivity contribution in [3.05, 3.63) is 60.3 Å². The van der Waals surface area contributed by atoms with Crippen LogP contribution in [0.25, 0.3) is 0 Å². The predicted molar refractivity (Wildman–Crippen MR) is 96.9 cm³/mol. The average molecular weight is 313 g/mol. The van der Waals surface area contributed by atoms with Gasteiger partial charge in [-0.15, -0.1) is 11.8 Å². The van der Waals surface area contributed by atoms with Gasteiger partial charge in [-0.05, 0) is 30.5 Å². The van der Waals surface area contributed by atoms with Crippen molar-refractivity contribution < 1.29 is 0 Å². The number of nitrogens with one attached hydrogen (secondary N) is 1. The Hall–Kier alpha value is -1.94. The Kier molecular flexibility index (Phi) is 6.34. The monoisotopic (exact) mass is 313 g/mol. The van der Waals surface area contributed by atoms with Gasteiger partial charge in [-0.2, -0.15) is 0 Å². The Balaban J connectivity index is 1.93. The molecule has 1 heterocycles. The van der Waals surface area contributed by atoms with Crippen molar-refractivity contribution in [2.45, 2.75) is 37.0 Å². The number of pyridine rings is 1. The molecule has 0 fully saturated rings. The lowest BCUT2D eigenvalue weighted by molar-refractivity contribution is 0.791. The smallest absolute Gasteiger partial charge is 0.148 e. The number of anilines is 2. The number of allylic oxidation sites excluding steroid dienone is 1. The summed E-state index contributed by atoms with van der Waals surface area (Å²) in [4.78, 5) is 4.46. The lowest BCUT2D eigenvalue weighted by Gasteiger charge is -2.12. The molecular weight excluding hydrogens is 290 g/mol. The van der Waals surface area contributed by atoms with E-state index in [1.807, 2.05) is 30.3 Å². The fourth-order valence-electron chi connectivity index (χ4n) is 2.02. The van der Waals surface area contributed by atoms with Gasteiger partial charge in [0.05, 0.1) is 10.7 Å². The van der Waals surface area contributed by atoms with Gasteiger partial charge < -0.3 is 11.1 Å². The van der Waals surface area contributed by atoms with Gasteiger partial charge in [0.25, 0.3) is 0 Å². The van der Waals surface area contributed by atoms with Crippen molar-refractivity contribution in [1.82, 2.24) is 4.98 Å². The van der Waals surface area contributed by atoms with Crippen LogP contribution >= 0.6 is 11.8 Å². The summed E-state index contributed by atoms with van der Waals surface area (Å²) in [6.07, 6.45) is 3.24. The first-order valence-electron chi connectivity index (χ1n) is 7.57. The van der Waals surface area contributed by atoms with Crippen LogP contribution in [-0.4, -0.2) is 4.98 Å². The molecule has 0 unspecified atom stereocenters. The lowest BCUT2D eigenvalue weighted by Crippen LogP contribution is -2.03. The summed E-state index contributed by atoms with van der Waals surface area (Å²) < 4.78 is 0. The number of unbranched alkanes of at least 4 members (excludes halogenated alkanes) is 1. The molecular formula is C18H23N3S. The molecule has 2 rings (SSSR count). The number of nitrogen functional groups attached to an aromatic ring is 1. The molecule has 0 spiro atoms. The third-order valence-corrected chi connectivity index (χ3v) is 4.27. The second-order valence-corrected chi connectivity index (χ2v) is 6.18. The highest BCUT2D eigenvalue weighted by Gasteiger charge is 2.05. The maximum atomic E-state index is 6.04. The first kappa shape index (κ1) is 16.4. The molecule has 0 aliphatic heterocycles. The summed E-state index contributed by atoms with van der Waals surface area (Å²) in [6, 6.07) is 14.3. The highest BCUT2D eigenvalue weighted by Crippen LogP contribution is 2.26. The van der Waals surface area contributed by atoms with Crippen LogP contribution in [0.4, 0.5) is 11.5 Å². The molecule has 4 heteroatoms. The highest BCUT2D eigenvalue weighted by molar-refractivity contribution is 7.98. The van der Waals surface area contributed by atoms with Crippen LogP contribution < -0.4 is 11.1 Å². The molecule has 1 aromatic heterocycles. The molecule has 0 amide bonds. The van der Waals surface area contributed by atoms with E-state index in [4.69, 9.17) is 5.73 Å². The van der Waals surface area contributed by atoms with Crippen molar-refractivity contribution in [3.8, 4) is 0 Å². The van der Waals surface area contributed by atoms with Crippen LogP contribution in [0, 0.1) is 0 Å². The molecule has 116 valence electrons.